The van der Waals surface area contributed by atoms with Crippen molar-refractivity contribution < 1.29 is 9.53 Å². The predicted molar refractivity (Wildman–Crippen MR) is 78.8 cm³/mol. The van der Waals surface area contributed by atoms with E-state index in [9.17, 15) is 4.79 Å². The molecule has 1 fully saturated rings. The van der Waals surface area contributed by atoms with Gasteiger partial charge >= 0.3 is 6.09 Å². The van der Waals surface area contributed by atoms with Gasteiger partial charge in [0.15, 0.2) is 0 Å². The molecule has 0 unspecified atom stereocenters. The van der Waals surface area contributed by atoms with Crippen molar-refractivity contribution >= 4 is 11.8 Å². The number of nitrogens with zero attached hydrogens (tertiary/aromatic N) is 1. The smallest absolute Gasteiger partial charge is 0.414 e. The lowest BCUT2D eigenvalue weighted by molar-refractivity contribution is 0.0841. The summed E-state index contributed by atoms with van der Waals surface area (Å²) in [4.78, 5) is 13.9. The lowest BCUT2D eigenvalue weighted by atomic mass is 10.0. The number of carbonyl (C=O) groups excluding carboxylic acids is 1. The monoisotopic (exact) mass is 267 g/mol. The Labute approximate surface area is 118 Å². The van der Waals surface area contributed by atoms with Crippen molar-refractivity contribution in [1.29, 1.82) is 0 Å². The number of ether oxygens (including phenoxy) is 1. The molecule has 1 aliphatic heterocycles. The predicted octanol–water partition coefficient (Wildman–Crippen LogP) is 4.08. The van der Waals surface area contributed by atoms with Crippen molar-refractivity contribution in [2.75, 3.05) is 11.4 Å². The average molecular weight is 267 g/mol. The number of hydrogen-bond acceptors (Lipinski definition) is 2. The zero-order chi connectivity index (χ0) is 13.9. The van der Waals surface area contributed by atoms with Crippen molar-refractivity contribution in [2.24, 2.45) is 0 Å². The van der Waals surface area contributed by atoms with Gasteiger partial charge in [0, 0.05) is 18.7 Å². The third-order valence-corrected chi connectivity index (χ3v) is 3.56. The summed E-state index contributed by atoms with van der Waals surface area (Å²) in [6.07, 6.45) is 0.407. The Balaban J connectivity index is 1.76. The molecule has 1 aliphatic rings. The van der Waals surface area contributed by atoms with Crippen molar-refractivity contribution in [3.8, 4) is 0 Å². The van der Waals surface area contributed by atoms with Crippen LogP contribution in [0.2, 0.25) is 0 Å². The molecule has 1 atom stereocenters. The van der Waals surface area contributed by atoms with Gasteiger partial charge in [-0.25, -0.2) is 4.79 Å². The highest BCUT2D eigenvalue weighted by atomic mass is 16.6. The Morgan fingerprint density at radius 3 is 2.60 bits per heavy atom. The van der Waals surface area contributed by atoms with Crippen LogP contribution in [0.15, 0.2) is 54.6 Å². The average Bonchev–Trinajstić information content (AvgIpc) is 2.48. The van der Waals surface area contributed by atoms with Gasteiger partial charge < -0.3 is 4.74 Å². The molecule has 0 spiro atoms. The van der Waals surface area contributed by atoms with Gasteiger partial charge in [0.2, 0.25) is 0 Å². The molecule has 3 nitrogen and oxygen atoms in total. The normalized spacial score (nSPS) is 18.8. The second kappa shape index (κ2) is 5.37. The first-order chi connectivity index (χ1) is 9.74. The highest BCUT2D eigenvalue weighted by Crippen LogP contribution is 2.29. The summed E-state index contributed by atoms with van der Waals surface area (Å²) in [5.41, 5.74) is 3.10. The molecule has 2 aromatic rings. The van der Waals surface area contributed by atoms with Gasteiger partial charge in [-0.05, 0) is 30.2 Å². The summed E-state index contributed by atoms with van der Waals surface area (Å²) in [5, 5.41) is 0. The summed E-state index contributed by atoms with van der Waals surface area (Å²) < 4.78 is 5.57. The molecule has 102 valence electrons. The Hall–Kier alpha value is -2.29. The van der Waals surface area contributed by atoms with E-state index >= 15 is 0 Å². The van der Waals surface area contributed by atoms with Crippen LogP contribution in [0.25, 0.3) is 0 Å². The standard InChI is InChI=1S/C17H17NO2/c1-13-6-5-9-15(12-13)18-11-10-16(20-17(18)19)14-7-3-2-4-8-14/h2-9,12,16H,10-11H2,1H3/t16-/m0/s1. The number of carbonyl (C=O) groups is 1. The second-order valence-corrected chi connectivity index (χ2v) is 5.06. The molecule has 1 saturated heterocycles. The van der Waals surface area contributed by atoms with Crippen molar-refractivity contribution in [1.82, 2.24) is 0 Å². The molecule has 1 heterocycles. The molecule has 0 aliphatic carbocycles. The minimum absolute atomic E-state index is 0.134. The Bertz CT molecular complexity index is 609. The molecule has 0 saturated carbocycles. The molecule has 3 rings (SSSR count). The van der Waals surface area contributed by atoms with Crippen molar-refractivity contribution in [3.05, 3.63) is 65.7 Å². The largest absolute Gasteiger partial charge is 0.441 e. The van der Waals surface area contributed by atoms with Crippen LogP contribution < -0.4 is 4.90 Å². The number of hydrogen-bond donors (Lipinski definition) is 0. The number of anilines is 1. The summed E-state index contributed by atoms with van der Waals surface area (Å²) in [5.74, 6) is 0. The van der Waals surface area contributed by atoms with Crippen LogP contribution in [0.1, 0.15) is 23.7 Å². The molecular formula is C17H17NO2. The molecule has 0 radical (unpaired) electrons. The van der Waals surface area contributed by atoms with E-state index in [2.05, 4.69) is 0 Å². The van der Waals surface area contributed by atoms with Gasteiger partial charge in [-0.15, -0.1) is 0 Å². The van der Waals surface area contributed by atoms with Crippen LogP contribution in [-0.2, 0) is 4.74 Å². The van der Waals surface area contributed by atoms with Crippen LogP contribution in [-0.4, -0.2) is 12.6 Å². The van der Waals surface area contributed by atoms with Crippen molar-refractivity contribution in [2.45, 2.75) is 19.4 Å². The molecule has 0 aromatic heterocycles. The number of benzene rings is 2. The van der Waals surface area contributed by atoms with Gasteiger partial charge in [0.1, 0.15) is 6.10 Å². The zero-order valence-electron chi connectivity index (χ0n) is 11.5. The summed E-state index contributed by atoms with van der Waals surface area (Å²) in [6.45, 7) is 2.70. The lowest BCUT2D eigenvalue weighted by Gasteiger charge is -2.32. The fourth-order valence-electron chi connectivity index (χ4n) is 2.51. The summed E-state index contributed by atoms with van der Waals surface area (Å²) in [6, 6.07) is 17.8. The maximum absolute atomic E-state index is 12.2. The van der Waals surface area contributed by atoms with Gasteiger partial charge in [-0.2, -0.15) is 0 Å². The third-order valence-electron chi connectivity index (χ3n) is 3.56. The summed E-state index contributed by atoms with van der Waals surface area (Å²) >= 11 is 0. The van der Waals surface area contributed by atoms with Crippen molar-refractivity contribution in [3.63, 3.8) is 0 Å². The highest BCUT2D eigenvalue weighted by molar-refractivity contribution is 5.88. The number of rotatable bonds is 2. The Kier molecular flexibility index (Phi) is 3.42. The zero-order valence-corrected chi connectivity index (χ0v) is 11.5. The van der Waals surface area contributed by atoms with Gasteiger partial charge in [-0.1, -0.05) is 42.5 Å². The molecule has 2 aromatic carbocycles. The highest BCUT2D eigenvalue weighted by Gasteiger charge is 2.28. The van der Waals surface area contributed by atoms with Gasteiger partial charge in [0.25, 0.3) is 0 Å². The first-order valence-electron chi connectivity index (χ1n) is 6.84. The number of cyclic esters (lactones) is 1. The van der Waals surface area contributed by atoms with E-state index in [1.54, 1.807) is 4.90 Å². The minimum Gasteiger partial charge on any atom is -0.441 e. The van der Waals surface area contributed by atoms with E-state index in [0.717, 1.165) is 23.2 Å². The minimum atomic E-state index is -0.268. The maximum Gasteiger partial charge on any atom is 0.414 e. The van der Waals surface area contributed by atoms with E-state index in [-0.39, 0.29) is 12.2 Å². The Morgan fingerprint density at radius 2 is 1.90 bits per heavy atom. The number of amides is 1. The van der Waals surface area contributed by atoms with Gasteiger partial charge in [0.05, 0.1) is 0 Å². The van der Waals surface area contributed by atoms with Crippen LogP contribution in [0.5, 0.6) is 0 Å². The van der Waals surface area contributed by atoms with E-state index in [4.69, 9.17) is 4.74 Å². The fraction of sp³-hybridized carbons (Fsp3) is 0.235. The maximum atomic E-state index is 12.2. The van der Waals surface area contributed by atoms with E-state index in [0.29, 0.717) is 6.54 Å². The third kappa shape index (κ3) is 2.52. The lowest BCUT2D eigenvalue weighted by Crippen LogP contribution is -2.39. The molecular weight excluding hydrogens is 250 g/mol. The first kappa shape index (κ1) is 12.7. The summed E-state index contributed by atoms with van der Waals surface area (Å²) in [7, 11) is 0. The molecule has 20 heavy (non-hydrogen) atoms. The quantitative estimate of drug-likeness (QED) is 0.820. The topological polar surface area (TPSA) is 29.5 Å². The second-order valence-electron chi connectivity index (χ2n) is 5.06. The number of aryl methyl sites for hydroxylation is 1. The van der Waals surface area contributed by atoms with Crippen LogP contribution in [0.4, 0.5) is 10.5 Å². The Morgan fingerprint density at radius 1 is 1.10 bits per heavy atom. The van der Waals surface area contributed by atoms with E-state index < -0.39 is 0 Å². The van der Waals surface area contributed by atoms with Gasteiger partial charge in [-0.3, -0.25) is 4.90 Å². The van der Waals surface area contributed by atoms with E-state index in [1.165, 1.54) is 0 Å². The SMILES string of the molecule is Cc1cccc(N2CC[C@@H](c3ccccc3)OC2=O)c1. The molecule has 3 heteroatoms. The van der Waals surface area contributed by atoms with Crippen LogP contribution >= 0.6 is 0 Å². The van der Waals surface area contributed by atoms with E-state index in [1.807, 2.05) is 61.5 Å². The molecule has 0 bridgehead atoms. The first-order valence-corrected chi connectivity index (χ1v) is 6.84. The van der Waals surface area contributed by atoms with Crippen LogP contribution in [0, 0.1) is 6.92 Å². The van der Waals surface area contributed by atoms with Crippen LogP contribution in [0.3, 0.4) is 0 Å². The molecule has 1 amide bonds. The molecule has 0 N–H and O–H groups in total. The fourth-order valence-corrected chi connectivity index (χ4v) is 2.51.